The van der Waals surface area contributed by atoms with E-state index in [0.29, 0.717) is 13.1 Å². The van der Waals surface area contributed by atoms with Gasteiger partial charge in [-0.15, -0.1) is 0 Å². The number of carbonyl (C=O) groups excluding carboxylic acids is 1. The third-order valence-electron chi connectivity index (χ3n) is 3.71. The third-order valence-corrected chi connectivity index (χ3v) is 3.71. The van der Waals surface area contributed by atoms with Gasteiger partial charge >= 0.3 is 12.0 Å². The summed E-state index contributed by atoms with van der Waals surface area (Å²) in [5.41, 5.74) is 0.770. The lowest BCUT2D eigenvalue weighted by atomic mass is 10.0. The lowest BCUT2D eigenvalue weighted by Crippen LogP contribution is -2.41. The molecule has 2 rings (SSSR count). The van der Waals surface area contributed by atoms with Crippen LogP contribution < -0.4 is 5.32 Å². The number of carbonyl (C=O) groups is 2. The number of aliphatic hydroxyl groups excluding tert-OH is 1. The van der Waals surface area contributed by atoms with Crippen LogP contribution in [0.3, 0.4) is 0 Å². The fourth-order valence-corrected chi connectivity index (χ4v) is 2.52. The molecule has 1 aromatic carbocycles. The number of urea groups is 1. The van der Waals surface area contributed by atoms with Crippen molar-refractivity contribution >= 4 is 12.0 Å². The van der Waals surface area contributed by atoms with Crippen LogP contribution in [0.4, 0.5) is 4.79 Å². The van der Waals surface area contributed by atoms with Crippen molar-refractivity contribution < 1.29 is 19.8 Å². The van der Waals surface area contributed by atoms with Crippen LogP contribution in [0.1, 0.15) is 24.4 Å². The molecule has 0 aliphatic carbocycles. The van der Waals surface area contributed by atoms with Gasteiger partial charge in [0.05, 0.1) is 12.5 Å². The number of aliphatic hydroxyl groups is 1. The second-order valence-corrected chi connectivity index (χ2v) is 5.29. The van der Waals surface area contributed by atoms with Crippen molar-refractivity contribution in [1.82, 2.24) is 10.2 Å². The number of benzene rings is 1. The summed E-state index contributed by atoms with van der Waals surface area (Å²) < 4.78 is 0. The standard InChI is InChI=1S/C15H20N2O4/c18-10-11-6-7-17(9-11)15(21)16-13(8-14(19)20)12-4-2-1-3-5-12/h1-5,11,13,18H,6-10H2,(H,16,21)(H,19,20). The van der Waals surface area contributed by atoms with Crippen LogP contribution in [0.2, 0.25) is 0 Å². The maximum absolute atomic E-state index is 12.2. The molecule has 6 heteroatoms. The van der Waals surface area contributed by atoms with E-state index in [1.54, 1.807) is 17.0 Å². The van der Waals surface area contributed by atoms with E-state index in [-0.39, 0.29) is 25.0 Å². The van der Waals surface area contributed by atoms with Crippen molar-refractivity contribution in [3.8, 4) is 0 Å². The number of hydrogen-bond donors (Lipinski definition) is 3. The van der Waals surface area contributed by atoms with Crippen molar-refractivity contribution in [3.63, 3.8) is 0 Å². The molecule has 2 amide bonds. The molecule has 0 aromatic heterocycles. The van der Waals surface area contributed by atoms with Gasteiger partial charge in [-0.2, -0.15) is 0 Å². The Morgan fingerprint density at radius 2 is 2.05 bits per heavy atom. The Labute approximate surface area is 123 Å². The van der Waals surface area contributed by atoms with Gasteiger partial charge in [0, 0.05) is 25.6 Å². The maximum atomic E-state index is 12.2. The largest absolute Gasteiger partial charge is 0.481 e. The van der Waals surface area contributed by atoms with E-state index in [0.717, 1.165) is 12.0 Å². The van der Waals surface area contributed by atoms with Crippen LogP contribution in [-0.2, 0) is 4.79 Å². The maximum Gasteiger partial charge on any atom is 0.317 e. The Kier molecular flexibility index (Phi) is 5.16. The number of carboxylic acid groups (broad SMARTS) is 1. The Bertz CT molecular complexity index is 492. The van der Waals surface area contributed by atoms with Crippen LogP contribution in [-0.4, -0.2) is 46.8 Å². The van der Waals surface area contributed by atoms with Crippen molar-refractivity contribution in [3.05, 3.63) is 35.9 Å². The molecule has 21 heavy (non-hydrogen) atoms. The molecule has 114 valence electrons. The fraction of sp³-hybridized carbons (Fsp3) is 0.467. The number of aliphatic carboxylic acids is 1. The highest BCUT2D eigenvalue weighted by Gasteiger charge is 2.27. The van der Waals surface area contributed by atoms with E-state index in [1.165, 1.54) is 0 Å². The molecule has 1 aromatic rings. The highest BCUT2D eigenvalue weighted by Crippen LogP contribution is 2.19. The molecule has 0 bridgehead atoms. The minimum absolute atomic E-state index is 0.0705. The zero-order chi connectivity index (χ0) is 15.2. The first-order valence-corrected chi connectivity index (χ1v) is 7.03. The van der Waals surface area contributed by atoms with Crippen LogP contribution >= 0.6 is 0 Å². The number of likely N-dealkylation sites (tertiary alicyclic amines) is 1. The molecule has 0 radical (unpaired) electrons. The number of carboxylic acids is 1. The number of nitrogens with one attached hydrogen (secondary N) is 1. The number of hydrogen-bond acceptors (Lipinski definition) is 3. The van der Waals surface area contributed by atoms with Crippen molar-refractivity contribution in [2.24, 2.45) is 5.92 Å². The predicted molar refractivity (Wildman–Crippen MR) is 76.7 cm³/mol. The molecule has 2 atom stereocenters. The Hall–Kier alpha value is -2.08. The van der Waals surface area contributed by atoms with E-state index in [4.69, 9.17) is 10.2 Å². The fourth-order valence-electron chi connectivity index (χ4n) is 2.52. The monoisotopic (exact) mass is 292 g/mol. The second kappa shape index (κ2) is 7.08. The van der Waals surface area contributed by atoms with Crippen molar-refractivity contribution in [2.75, 3.05) is 19.7 Å². The minimum Gasteiger partial charge on any atom is -0.481 e. The summed E-state index contributed by atoms with van der Waals surface area (Å²) in [6, 6.07) is 8.24. The highest BCUT2D eigenvalue weighted by atomic mass is 16.4. The summed E-state index contributed by atoms with van der Waals surface area (Å²) in [4.78, 5) is 24.8. The summed E-state index contributed by atoms with van der Waals surface area (Å²) in [5.74, 6) is -0.843. The molecule has 0 saturated carbocycles. The molecular weight excluding hydrogens is 272 g/mol. The first-order chi connectivity index (χ1) is 10.1. The third kappa shape index (κ3) is 4.19. The van der Waals surface area contributed by atoms with E-state index in [2.05, 4.69) is 5.32 Å². The average molecular weight is 292 g/mol. The zero-order valence-electron chi connectivity index (χ0n) is 11.7. The average Bonchev–Trinajstić information content (AvgIpc) is 2.96. The van der Waals surface area contributed by atoms with Gasteiger partial charge in [-0.1, -0.05) is 30.3 Å². The first kappa shape index (κ1) is 15.3. The smallest absolute Gasteiger partial charge is 0.317 e. The van der Waals surface area contributed by atoms with Gasteiger partial charge in [0.25, 0.3) is 0 Å². The molecule has 1 aliphatic heterocycles. The molecule has 2 unspecified atom stereocenters. The summed E-state index contributed by atoms with van der Waals surface area (Å²) in [5, 5.41) is 20.9. The summed E-state index contributed by atoms with van der Waals surface area (Å²) in [7, 11) is 0. The van der Waals surface area contributed by atoms with Gasteiger partial charge in [0.15, 0.2) is 0 Å². The Morgan fingerprint density at radius 1 is 1.33 bits per heavy atom. The molecule has 3 N–H and O–H groups in total. The predicted octanol–water partition coefficient (Wildman–Crippen LogP) is 1.23. The molecular formula is C15H20N2O4. The Morgan fingerprint density at radius 3 is 2.62 bits per heavy atom. The van der Waals surface area contributed by atoms with Crippen LogP contribution in [0.5, 0.6) is 0 Å². The van der Waals surface area contributed by atoms with Crippen LogP contribution in [0.25, 0.3) is 0 Å². The summed E-state index contributed by atoms with van der Waals surface area (Å²) in [6.07, 6.45) is 0.617. The van der Waals surface area contributed by atoms with E-state index in [1.807, 2.05) is 18.2 Å². The van der Waals surface area contributed by atoms with Crippen molar-refractivity contribution in [2.45, 2.75) is 18.9 Å². The number of rotatable bonds is 5. The lowest BCUT2D eigenvalue weighted by Gasteiger charge is -2.22. The number of nitrogens with zero attached hydrogens (tertiary/aromatic N) is 1. The number of amides is 2. The molecule has 1 heterocycles. The van der Waals surface area contributed by atoms with Crippen LogP contribution in [0.15, 0.2) is 30.3 Å². The minimum atomic E-state index is -0.959. The van der Waals surface area contributed by atoms with Gasteiger partial charge in [0.2, 0.25) is 0 Å². The SMILES string of the molecule is O=C(O)CC(NC(=O)N1CCC(CO)C1)c1ccccc1. The molecule has 6 nitrogen and oxygen atoms in total. The van der Waals surface area contributed by atoms with E-state index < -0.39 is 12.0 Å². The van der Waals surface area contributed by atoms with Gasteiger partial charge in [-0.25, -0.2) is 4.79 Å². The molecule has 1 aliphatic rings. The zero-order valence-corrected chi connectivity index (χ0v) is 11.7. The molecule has 0 spiro atoms. The first-order valence-electron chi connectivity index (χ1n) is 7.03. The molecule has 1 fully saturated rings. The quantitative estimate of drug-likeness (QED) is 0.761. The second-order valence-electron chi connectivity index (χ2n) is 5.29. The van der Waals surface area contributed by atoms with E-state index in [9.17, 15) is 9.59 Å². The lowest BCUT2D eigenvalue weighted by molar-refractivity contribution is -0.137. The highest BCUT2D eigenvalue weighted by molar-refractivity contribution is 5.76. The van der Waals surface area contributed by atoms with Gasteiger partial charge < -0.3 is 20.4 Å². The van der Waals surface area contributed by atoms with Gasteiger partial charge in [-0.05, 0) is 12.0 Å². The summed E-state index contributed by atoms with van der Waals surface area (Å²) >= 11 is 0. The van der Waals surface area contributed by atoms with Gasteiger partial charge in [-0.3, -0.25) is 4.79 Å². The van der Waals surface area contributed by atoms with Crippen LogP contribution in [0, 0.1) is 5.92 Å². The summed E-state index contributed by atoms with van der Waals surface area (Å²) in [6.45, 7) is 1.17. The van der Waals surface area contributed by atoms with Crippen molar-refractivity contribution in [1.29, 1.82) is 0 Å². The Balaban J connectivity index is 2.02. The van der Waals surface area contributed by atoms with E-state index >= 15 is 0 Å². The normalized spacial score (nSPS) is 19.3. The van der Waals surface area contributed by atoms with Gasteiger partial charge in [0.1, 0.15) is 0 Å². The molecule has 1 saturated heterocycles. The topological polar surface area (TPSA) is 89.9 Å².